The maximum absolute atomic E-state index is 11.9. The molecule has 2 rings (SSSR count). The summed E-state index contributed by atoms with van der Waals surface area (Å²) in [5, 5.41) is 5.85. The van der Waals surface area contributed by atoms with Gasteiger partial charge in [0.05, 0.1) is 13.2 Å². The fourth-order valence-electron chi connectivity index (χ4n) is 2.14. The molecule has 0 heterocycles. The Morgan fingerprint density at radius 3 is 2.52 bits per heavy atom. The van der Waals surface area contributed by atoms with Crippen molar-refractivity contribution in [1.29, 1.82) is 0 Å². The van der Waals surface area contributed by atoms with Crippen LogP contribution >= 0.6 is 24.0 Å². The standard InChI is InChI=1S/C18H22N4O2.HI/c1-24-13-15-9-5-6-10-16(15)22-18(19)21-12-11-20-17(23)14-7-3-2-4-8-14;/h2-10H,11-13H2,1H3,(H,20,23)(H3,19,21,22);1H. The highest BCUT2D eigenvalue weighted by Gasteiger charge is 2.04. The SMILES string of the molecule is COCc1ccccc1NC(N)=NCCNC(=O)c1ccccc1.I. The van der Waals surface area contributed by atoms with Gasteiger partial charge in [-0.3, -0.25) is 9.79 Å². The molecule has 0 saturated carbocycles. The predicted molar refractivity (Wildman–Crippen MR) is 111 cm³/mol. The highest BCUT2D eigenvalue weighted by Crippen LogP contribution is 2.15. The number of nitrogens with one attached hydrogen (secondary N) is 2. The van der Waals surface area contributed by atoms with Crippen LogP contribution in [0, 0.1) is 0 Å². The molecule has 2 aromatic carbocycles. The lowest BCUT2D eigenvalue weighted by atomic mass is 10.2. The minimum absolute atomic E-state index is 0. The van der Waals surface area contributed by atoms with Gasteiger partial charge >= 0.3 is 0 Å². The third-order valence-electron chi connectivity index (χ3n) is 3.30. The number of guanidine groups is 1. The molecule has 0 radical (unpaired) electrons. The first-order chi connectivity index (χ1) is 11.7. The molecule has 0 aliphatic heterocycles. The Morgan fingerprint density at radius 2 is 1.80 bits per heavy atom. The number of aliphatic imine (C=N–C) groups is 1. The Kier molecular flexibility index (Phi) is 9.56. The lowest BCUT2D eigenvalue weighted by Gasteiger charge is -2.11. The van der Waals surface area contributed by atoms with E-state index >= 15 is 0 Å². The monoisotopic (exact) mass is 454 g/mol. The zero-order valence-corrected chi connectivity index (χ0v) is 16.4. The third-order valence-corrected chi connectivity index (χ3v) is 3.30. The highest BCUT2D eigenvalue weighted by molar-refractivity contribution is 14.0. The van der Waals surface area contributed by atoms with E-state index in [-0.39, 0.29) is 29.9 Å². The summed E-state index contributed by atoms with van der Waals surface area (Å²) in [7, 11) is 1.64. The number of hydrogen-bond acceptors (Lipinski definition) is 3. The first-order valence-electron chi connectivity index (χ1n) is 7.67. The van der Waals surface area contributed by atoms with Crippen LogP contribution in [0.15, 0.2) is 59.6 Å². The van der Waals surface area contributed by atoms with Gasteiger partial charge in [0.25, 0.3) is 5.91 Å². The van der Waals surface area contributed by atoms with E-state index in [4.69, 9.17) is 10.5 Å². The molecule has 0 saturated heterocycles. The van der Waals surface area contributed by atoms with Crippen molar-refractivity contribution < 1.29 is 9.53 Å². The number of nitrogens with zero attached hydrogens (tertiary/aromatic N) is 1. The topological polar surface area (TPSA) is 88.7 Å². The largest absolute Gasteiger partial charge is 0.380 e. The van der Waals surface area contributed by atoms with E-state index in [1.165, 1.54) is 0 Å². The van der Waals surface area contributed by atoms with E-state index in [1.807, 2.05) is 42.5 Å². The van der Waals surface area contributed by atoms with E-state index in [9.17, 15) is 4.79 Å². The molecule has 0 aliphatic rings. The molecule has 0 spiro atoms. The van der Waals surface area contributed by atoms with Crippen molar-refractivity contribution in [1.82, 2.24) is 5.32 Å². The molecule has 2 aromatic rings. The van der Waals surface area contributed by atoms with Crippen molar-refractivity contribution in [3.8, 4) is 0 Å². The van der Waals surface area contributed by atoms with Gasteiger partial charge in [-0.25, -0.2) is 0 Å². The van der Waals surface area contributed by atoms with Gasteiger partial charge in [-0.15, -0.1) is 24.0 Å². The Hall–Kier alpha value is -2.13. The third kappa shape index (κ3) is 7.10. The van der Waals surface area contributed by atoms with Crippen molar-refractivity contribution in [3.05, 3.63) is 65.7 Å². The minimum Gasteiger partial charge on any atom is -0.380 e. The molecule has 0 fully saturated rings. The van der Waals surface area contributed by atoms with E-state index in [1.54, 1.807) is 19.2 Å². The zero-order chi connectivity index (χ0) is 17.2. The maximum atomic E-state index is 11.9. The van der Waals surface area contributed by atoms with Crippen molar-refractivity contribution in [2.75, 3.05) is 25.5 Å². The fourth-order valence-corrected chi connectivity index (χ4v) is 2.14. The molecule has 0 atom stereocenters. The Bertz CT molecular complexity index is 692. The van der Waals surface area contributed by atoms with Crippen molar-refractivity contribution in [2.45, 2.75) is 6.61 Å². The molecule has 25 heavy (non-hydrogen) atoms. The molecular weight excluding hydrogens is 431 g/mol. The first-order valence-corrected chi connectivity index (χ1v) is 7.67. The highest BCUT2D eigenvalue weighted by atomic mass is 127. The van der Waals surface area contributed by atoms with Crippen molar-refractivity contribution in [3.63, 3.8) is 0 Å². The van der Waals surface area contributed by atoms with E-state index < -0.39 is 0 Å². The molecule has 134 valence electrons. The van der Waals surface area contributed by atoms with Crippen LogP contribution in [0.4, 0.5) is 5.69 Å². The van der Waals surface area contributed by atoms with E-state index in [0.717, 1.165) is 11.3 Å². The summed E-state index contributed by atoms with van der Waals surface area (Å²) in [4.78, 5) is 16.1. The van der Waals surface area contributed by atoms with E-state index in [0.29, 0.717) is 31.2 Å². The lowest BCUT2D eigenvalue weighted by molar-refractivity contribution is 0.0955. The molecule has 0 aliphatic carbocycles. The molecule has 0 aromatic heterocycles. The average molecular weight is 454 g/mol. The first kappa shape index (κ1) is 20.9. The molecule has 0 bridgehead atoms. The van der Waals surface area contributed by atoms with Gasteiger partial charge in [0.15, 0.2) is 5.96 Å². The summed E-state index contributed by atoms with van der Waals surface area (Å²) in [6.45, 7) is 1.29. The minimum atomic E-state index is -0.122. The van der Waals surface area contributed by atoms with Crippen LogP contribution in [0.5, 0.6) is 0 Å². The van der Waals surface area contributed by atoms with Crippen LogP contribution in [0.25, 0.3) is 0 Å². The van der Waals surface area contributed by atoms with Crippen LogP contribution in [0.3, 0.4) is 0 Å². The van der Waals surface area contributed by atoms with E-state index in [2.05, 4.69) is 15.6 Å². The van der Waals surface area contributed by atoms with Crippen LogP contribution < -0.4 is 16.4 Å². The lowest BCUT2D eigenvalue weighted by Crippen LogP contribution is -2.28. The molecule has 1 amide bonds. The second-order valence-electron chi connectivity index (χ2n) is 5.10. The van der Waals surface area contributed by atoms with Gasteiger partial charge in [-0.05, 0) is 18.2 Å². The molecule has 0 unspecified atom stereocenters. The number of carbonyl (C=O) groups excluding carboxylic acids is 1. The zero-order valence-electron chi connectivity index (χ0n) is 14.1. The van der Waals surface area contributed by atoms with Crippen LogP contribution in [0.2, 0.25) is 0 Å². The van der Waals surface area contributed by atoms with Crippen LogP contribution in [-0.2, 0) is 11.3 Å². The molecular formula is C18H23IN4O2. The van der Waals surface area contributed by atoms with Crippen LogP contribution in [0.1, 0.15) is 15.9 Å². The smallest absolute Gasteiger partial charge is 0.251 e. The number of hydrogen-bond donors (Lipinski definition) is 3. The molecule has 6 nitrogen and oxygen atoms in total. The van der Waals surface area contributed by atoms with Crippen molar-refractivity contribution in [2.24, 2.45) is 10.7 Å². The Balaban J connectivity index is 0.00000312. The van der Waals surface area contributed by atoms with Gasteiger partial charge in [0, 0.05) is 30.5 Å². The average Bonchev–Trinajstić information content (AvgIpc) is 2.61. The van der Waals surface area contributed by atoms with Gasteiger partial charge in [0.1, 0.15) is 0 Å². The number of ether oxygens (including phenoxy) is 1. The number of halogens is 1. The molecule has 4 N–H and O–H groups in total. The van der Waals surface area contributed by atoms with Gasteiger partial charge in [0.2, 0.25) is 0 Å². The Labute approximate surface area is 164 Å². The second-order valence-corrected chi connectivity index (χ2v) is 5.10. The summed E-state index contributed by atoms with van der Waals surface area (Å²) in [6.07, 6.45) is 0. The number of amides is 1. The summed E-state index contributed by atoms with van der Waals surface area (Å²) in [5.74, 6) is 0.176. The van der Waals surface area contributed by atoms with Crippen molar-refractivity contribution >= 4 is 41.5 Å². The van der Waals surface area contributed by atoms with Gasteiger partial charge in [-0.1, -0.05) is 36.4 Å². The summed E-state index contributed by atoms with van der Waals surface area (Å²) in [6, 6.07) is 16.8. The molecule has 7 heteroatoms. The second kappa shape index (κ2) is 11.4. The number of rotatable bonds is 7. The maximum Gasteiger partial charge on any atom is 0.251 e. The summed E-state index contributed by atoms with van der Waals surface area (Å²) >= 11 is 0. The number of methoxy groups -OCH3 is 1. The Morgan fingerprint density at radius 1 is 1.12 bits per heavy atom. The summed E-state index contributed by atoms with van der Waals surface area (Å²) < 4.78 is 5.15. The van der Waals surface area contributed by atoms with Crippen LogP contribution in [-0.4, -0.2) is 32.1 Å². The summed E-state index contributed by atoms with van der Waals surface area (Å²) in [5.41, 5.74) is 8.36. The normalized spacial score (nSPS) is 10.7. The fraction of sp³-hybridized carbons (Fsp3) is 0.222. The van der Waals surface area contributed by atoms with Gasteiger partial charge < -0.3 is 21.1 Å². The van der Waals surface area contributed by atoms with Gasteiger partial charge in [-0.2, -0.15) is 0 Å². The number of carbonyl (C=O) groups is 1. The number of nitrogens with two attached hydrogens (primary N) is 1. The number of benzene rings is 2. The predicted octanol–water partition coefficient (Wildman–Crippen LogP) is 2.61. The quantitative estimate of drug-likeness (QED) is 0.260. The number of anilines is 1. The number of para-hydroxylation sites is 1.